The zero-order valence-electron chi connectivity index (χ0n) is 8.51. The molecule has 0 aliphatic carbocycles. The van der Waals surface area contributed by atoms with Crippen molar-refractivity contribution in [2.45, 2.75) is 4.90 Å². The fourth-order valence-electron chi connectivity index (χ4n) is 1.21. The minimum Gasteiger partial charge on any atom is -0.397 e. The van der Waals surface area contributed by atoms with Crippen molar-refractivity contribution in [3.8, 4) is 0 Å². The third-order valence-electron chi connectivity index (χ3n) is 2.03. The number of sulfonamides is 1. The van der Waals surface area contributed by atoms with E-state index in [1.807, 2.05) is 0 Å². The van der Waals surface area contributed by atoms with Gasteiger partial charge in [-0.15, -0.1) is 0 Å². The van der Waals surface area contributed by atoms with Crippen molar-refractivity contribution in [1.82, 2.24) is 10.2 Å². The number of aromatic nitrogens is 2. The molecule has 0 radical (unpaired) electrons. The lowest BCUT2D eigenvalue weighted by Crippen LogP contribution is -2.12. The third-order valence-corrected chi connectivity index (χ3v) is 3.75. The Morgan fingerprint density at radius 1 is 1.41 bits per heavy atom. The normalized spacial score (nSPS) is 11.4. The highest BCUT2D eigenvalue weighted by Gasteiger charge is 2.15. The van der Waals surface area contributed by atoms with Crippen molar-refractivity contribution in [3.63, 3.8) is 0 Å². The Kier molecular flexibility index (Phi) is 2.95. The molecule has 4 N–H and O–H groups in total. The van der Waals surface area contributed by atoms with Crippen LogP contribution in [0.1, 0.15) is 0 Å². The van der Waals surface area contributed by atoms with Crippen molar-refractivity contribution in [2.75, 3.05) is 10.5 Å². The molecule has 2 rings (SSSR count). The number of halogens is 1. The fraction of sp³-hybridized carbons (Fsp3) is 0. The van der Waals surface area contributed by atoms with E-state index in [0.29, 0.717) is 10.7 Å². The average Bonchev–Trinajstić information content (AvgIpc) is 2.73. The second-order valence-corrected chi connectivity index (χ2v) is 5.37. The van der Waals surface area contributed by atoms with E-state index < -0.39 is 10.0 Å². The van der Waals surface area contributed by atoms with Crippen molar-refractivity contribution < 1.29 is 8.42 Å². The number of hydrogen-bond acceptors (Lipinski definition) is 4. The molecule has 0 saturated carbocycles. The topological polar surface area (TPSA) is 101 Å². The minimum absolute atomic E-state index is 0.0422. The quantitative estimate of drug-likeness (QED) is 0.736. The first-order valence-corrected chi connectivity index (χ1v) is 6.42. The summed E-state index contributed by atoms with van der Waals surface area (Å²) in [5, 5.41) is 6.45. The van der Waals surface area contributed by atoms with Gasteiger partial charge in [-0.25, -0.2) is 8.42 Å². The second-order valence-electron chi connectivity index (χ2n) is 3.28. The minimum atomic E-state index is -3.67. The van der Waals surface area contributed by atoms with E-state index in [4.69, 9.17) is 17.3 Å². The molecule has 0 aliphatic heterocycles. The van der Waals surface area contributed by atoms with Crippen LogP contribution in [-0.4, -0.2) is 18.6 Å². The van der Waals surface area contributed by atoms with E-state index in [1.54, 1.807) is 0 Å². The molecule has 0 unspecified atom stereocenters. The molecule has 0 amide bonds. The zero-order chi connectivity index (χ0) is 12.5. The molecule has 6 nitrogen and oxygen atoms in total. The van der Waals surface area contributed by atoms with E-state index in [1.165, 1.54) is 30.6 Å². The average molecular weight is 273 g/mol. The van der Waals surface area contributed by atoms with Gasteiger partial charge in [0, 0.05) is 6.20 Å². The van der Waals surface area contributed by atoms with E-state index in [2.05, 4.69) is 14.9 Å². The number of nitrogens with zero attached hydrogens (tertiary/aromatic N) is 1. The lowest BCUT2D eigenvalue weighted by atomic mass is 10.3. The molecule has 1 aromatic carbocycles. The van der Waals surface area contributed by atoms with Crippen molar-refractivity contribution in [2.24, 2.45) is 0 Å². The number of rotatable bonds is 3. The second kappa shape index (κ2) is 4.27. The summed E-state index contributed by atoms with van der Waals surface area (Å²) < 4.78 is 26.2. The summed E-state index contributed by atoms with van der Waals surface area (Å²) in [4.78, 5) is 0.0422. The number of nitrogen functional groups attached to an aromatic ring is 1. The summed E-state index contributed by atoms with van der Waals surface area (Å²) in [7, 11) is -3.67. The molecule has 1 aromatic heterocycles. The monoisotopic (exact) mass is 272 g/mol. The number of benzene rings is 1. The highest BCUT2D eigenvalue weighted by molar-refractivity contribution is 7.92. The van der Waals surface area contributed by atoms with E-state index in [-0.39, 0.29) is 10.6 Å². The van der Waals surface area contributed by atoms with Crippen molar-refractivity contribution in [3.05, 3.63) is 35.6 Å². The van der Waals surface area contributed by atoms with Crippen LogP contribution in [0.3, 0.4) is 0 Å². The zero-order valence-corrected chi connectivity index (χ0v) is 10.1. The highest BCUT2D eigenvalue weighted by atomic mass is 35.5. The Labute approximate surface area is 103 Å². The number of nitrogens with two attached hydrogens (primary N) is 1. The molecule has 1 heterocycles. The third kappa shape index (κ3) is 2.51. The molecule has 0 fully saturated rings. The van der Waals surface area contributed by atoms with Gasteiger partial charge in [0.1, 0.15) is 0 Å². The van der Waals surface area contributed by atoms with Gasteiger partial charge in [0.05, 0.1) is 27.5 Å². The highest BCUT2D eigenvalue weighted by Crippen LogP contribution is 2.23. The van der Waals surface area contributed by atoms with Gasteiger partial charge in [0.25, 0.3) is 10.0 Å². The molecule has 17 heavy (non-hydrogen) atoms. The molecule has 0 aliphatic rings. The van der Waals surface area contributed by atoms with Crippen LogP contribution in [0.15, 0.2) is 35.5 Å². The number of anilines is 2. The van der Waals surface area contributed by atoms with Crippen molar-refractivity contribution >= 4 is 33.0 Å². The summed E-state index contributed by atoms with van der Waals surface area (Å²) in [6, 6.07) is 4.10. The standard InChI is InChI=1S/C9H9ClN4O2S/c10-8-2-1-7(3-9(8)11)17(15,16)14-6-4-12-13-5-6/h1-5,14H,11H2,(H,12,13). The fourth-order valence-corrected chi connectivity index (χ4v) is 2.40. The first-order valence-electron chi connectivity index (χ1n) is 4.56. The SMILES string of the molecule is Nc1cc(S(=O)(=O)Nc2cn[nH]c2)ccc1Cl. The number of H-pyrrole nitrogens is 1. The molecule has 2 aromatic rings. The van der Waals surface area contributed by atoms with Crippen LogP contribution in [0.2, 0.25) is 5.02 Å². The van der Waals surface area contributed by atoms with Gasteiger partial charge in [-0.1, -0.05) is 11.6 Å². The van der Waals surface area contributed by atoms with Gasteiger partial charge in [0.15, 0.2) is 0 Å². The smallest absolute Gasteiger partial charge is 0.262 e. The maximum absolute atomic E-state index is 11.9. The molecule has 0 saturated heterocycles. The molecule has 8 heteroatoms. The Morgan fingerprint density at radius 3 is 2.76 bits per heavy atom. The van der Waals surface area contributed by atoms with Gasteiger partial charge in [-0.2, -0.15) is 5.10 Å². The molecular formula is C9H9ClN4O2S. The van der Waals surface area contributed by atoms with Gasteiger partial charge >= 0.3 is 0 Å². The predicted molar refractivity (Wildman–Crippen MR) is 65.3 cm³/mol. The largest absolute Gasteiger partial charge is 0.397 e. The summed E-state index contributed by atoms with van der Waals surface area (Å²) in [6.45, 7) is 0. The van der Waals surface area contributed by atoms with Crippen LogP contribution in [0, 0.1) is 0 Å². The maximum Gasteiger partial charge on any atom is 0.262 e. The number of aromatic amines is 1. The Hall–Kier alpha value is -1.73. The van der Waals surface area contributed by atoms with Crippen LogP contribution in [-0.2, 0) is 10.0 Å². The van der Waals surface area contributed by atoms with Gasteiger partial charge < -0.3 is 5.73 Å². The first-order chi connectivity index (χ1) is 7.99. The molecular weight excluding hydrogens is 264 g/mol. The maximum atomic E-state index is 11.9. The van der Waals surface area contributed by atoms with Crippen LogP contribution in [0.25, 0.3) is 0 Å². The Morgan fingerprint density at radius 2 is 2.18 bits per heavy atom. The summed E-state index contributed by atoms with van der Waals surface area (Å²) in [6.07, 6.45) is 2.79. The summed E-state index contributed by atoms with van der Waals surface area (Å²) >= 11 is 5.72. The van der Waals surface area contributed by atoms with E-state index in [9.17, 15) is 8.42 Å². The Balaban J connectivity index is 2.35. The Bertz CT molecular complexity index is 624. The van der Waals surface area contributed by atoms with Crippen LogP contribution in [0.5, 0.6) is 0 Å². The predicted octanol–water partition coefficient (Wildman–Crippen LogP) is 1.45. The summed E-state index contributed by atoms with van der Waals surface area (Å²) in [5.74, 6) is 0. The number of nitrogens with one attached hydrogen (secondary N) is 2. The molecule has 0 bridgehead atoms. The van der Waals surface area contributed by atoms with E-state index in [0.717, 1.165) is 0 Å². The van der Waals surface area contributed by atoms with Gasteiger partial charge in [-0.05, 0) is 18.2 Å². The van der Waals surface area contributed by atoms with Crippen LogP contribution < -0.4 is 10.5 Å². The lowest BCUT2D eigenvalue weighted by Gasteiger charge is -2.07. The first kappa shape index (κ1) is 11.7. The van der Waals surface area contributed by atoms with Crippen LogP contribution in [0.4, 0.5) is 11.4 Å². The lowest BCUT2D eigenvalue weighted by molar-refractivity contribution is 0.601. The van der Waals surface area contributed by atoms with Crippen LogP contribution >= 0.6 is 11.6 Å². The molecule has 0 spiro atoms. The van der Waals surface area contributed by atoms with Gasteiger partial charge in [-0.3, -0.25) is 9.82 Å². The number of hydrogen-bond donors (Lipinski definition) is 3. The van der Waals surface area contributed by atoms with Crippen molar-refractivity contribution in [1.29, 1.82) is 0 Å². The molecule has 90 valence electrons. The molecule has 0 atom stereocenters. The van der Waals surface area contributed by atoms with E-state index >= 15 is 0 Å². The summed E-state index contributed by atoms with van der Waals surface area (Å²) in [5.41, 5.74) is 6.10. The van der Waals surface area contributed by atoms with Gasteiger partial charge in [0.2, 0.25) is 0 Å².